The summed E-state index contributed by atoms with van der Waals surface area (Å²) in [6, 6.07) is 1.88. The van der Waals surface area contributed by atoms with Gasteiger partial charge in [0.05, 0.1) is 22.2 Å². The van der Waals surface area contributed by atoms with E-state index in [0.29, 0.717) is 12.2 Å². The molecule has 2 N–H and O–H groups in total. The van der Waals surface area contributed by atoms with E-state index >= 15 is 0 Å². The van der Waals surface area contributed by atoms with Crippen LogP contribution < -0.4 is 5.73 Å². The number of benzene rings is 1. The Labute approximate surface area is 113 Å². The SMILES string of the molecule is CC(=O)SCCC#Cc1cc([N+](=O)[O-])cc(F)c1N. The van der Waals surface area contributed by atoms with Crippen LogP contribution in [0.1, 0.15) is 18.9 Å². The number of thioether (sulfide) groups is 1. The lowest BCUT2D eigenvalue weighted by Gasteiger charge is -2.00. The maximum Gasteiger partial charge on any atom is 0.273 e. The second-order valence-electron chi connectivity index (χ2n) is 3.54. The summed E-state index contributed by atoms with van der Waals surface area (Å²) in [4.78, 5) is 20.5. The van der Waals surface area contributed by atoms with Crippen LogP contribution in [0.3, 0.4) is 0 Å². The number of nitro benzene ring substituents is 1. The minimum atomic E-state index is -0.864. The fourth-order valence-electron chi connectivity index (χ4n) is 1.22. The van der Waals surface area contributed by atoms with Gasteiger partial charge in [-0.1, -0.05) is 23.6 Å². The summed E-state index contributed by atoms with van der Waals surface area (Å²) in [6.07, 6.45) is 0.411. The maximum absolute atomic E-state index is 13.3. The van der Waals surface area contributed by atoms with Gasteiger partial charge in [0, 0.05) is 25.2 Å². The van der Waals surface area contributed by atoms with Crippen molar-refractivity contribution in [3.8, 4) is 11.8 Å². The first-order valence-corrected chi connectivity index (χ1v) is 6.26. The van der Waals surface area contributed by atoms with Gasteiger partial charge in [-0.25, -0.2) is 4.39 Å². The van der Waals surface area contributed by atoms with Crippen molar-refractivity contribution in [2.45, 2.75) is 13.3 Å². The molecule has 0 saturated heterocycles. The van der Waals surface area contributed by atoms with Crippen molar-refractivity contribution in [1.82, 2.24) is 0 Å². The molecule has 0 aliphatic rings. The van der Waals surface area contributed by atoms with Crippen molar-refractivity contribution in [3.05, 3.63) is 33.6 Å². The number of nitro groups is 1. The number of nitrogens with two attached hydrogens (primary N) is 1. The third kappa shape index (κ3) is 4.60. The Bertz CT molecular complexity index is 578. The van der Waals surface area contributed by atoms with E-state index in [1.165, 1.54) is 6.92 Å². The molecule has 1 aromatic carbocycles. The normalized spacial score (nSPS) is 9.58. The van der Waals surface area contributed by atoms with Crippen LogP contribution in [-0.4, -0.2) is 15.8 Å². The van der Waals surface area contributed by atoms with Crippen molar-refractivity contribution in [2.75, 3.05) is 11.5 Å². The van der Waals surface area contributed by atoms with Gasteiger partial charge < -0.3 is 5.73 Å². The van der Waals surface area contributed by atoms with E-state index in [2.05, 4.69) is 11.8 Å². The molecule has 1 rings (SSSR count). The fourth-order valence-corrected chi connectivity index (χ4v) is 1.71. The van der Waals surface area contributed by atoms with Crippen LogP contribution in [-0.2, 0) is 4.79 Å². The highest BCUT2D eigenvalue weighted by Gasteiger charge is 2.13. The number of hydrogen-bond donors (Lipinski definition) is 1. The molecule has 0 atom stereocenters. The molecule has 7 heteroatoms. The number of non-ortho nitro benzene ring substituents is 1. The first-order chi connectivity index (χ1) is 8.91. The van der Waals surface area contributed by atoms with E-state index in [0.717, 1.165) is 23.9 Å². The van der Waals surface area contributed by atoms with Crippen LogP contribution in [0.2, 0.25) is 0 Å². The van der Waals surface area contributed by atoms with Gasteiger partial charge in [0.25, 0.3) is 5.69 Å². The molecular weight excluding hydrogens is 271 g/mol. The predicted octanol–water partition coefficient (Wildman–Crippen LogP) is 2.34. The van der Waals surface area contributed by atoms with Crippen LogP contribution in [0.15, 0.2) is 12.1 Å². The van der Waals surface area contributed by atoms with E-state index in [1.54, 1.807) is 0 Å². The highest BCUT2D eigenvalue weighted by atomic mass is 32.2. The highest BCUT2D eigenvalue weighted by molar-refractivity contribution is 8.13. The summed E-state index contributed by atoms with van der Waals surface area (Å²) in [6.45, 7) is 1.45. The lowest BCUT2D eigenvalue weighted by molar-refractivity contribution is -0.385. The zero-order valence-electron chi connectivity index (χ0n) is 10.1. The third-order valence-electron chi connectivity index (χ3n) is 2.08. The maximum atomic E-state index is 13.3. The Morgan fingerprint density at radius 1 is 1.58 bits per heavy atom. The Morgan fingerprint density at radius 3 is 2.84 bits per heavy atom. The van der Waals surface area contributed by atoms with Crippen molar-refractivity contribution >= 4 is 28.3 Å². The molecule has 0 aromatic heterocycles. The Balaban J connectivity index is 2.86. The largest absolute Gasteiger partial charge is 0.395 e. The highest BCUT2D eigenvalue weighted by Crippen LogP contribution is 2.22. The van der Waals surface area contributed by atoms with Crippen molar-refractivity contribution in [2.24, 2.45) is 0 Å². The van der Waals surface area contributed by atoms with E-state index in [4.69, 9.17) is 5.73 Å². The smallest absolute Gasteiger partial charge is 0.273 e. The monoisotopic (exact) mass is 282 g/mol. The van der Waals surface area contributed by atoms with Crippen LogP contribution >= 0.6 is 11.8 Å². The minimum Gasteiger partial charge on any atom is -0.395 e. The molecule has 19 heavy (non-hydrogen) atoms. The van der Waals surface area contributed by atoms with E-state index < -0.39 is 16.4 Å². The van der Waals surface area contributed by atoms with Gasteiger partial charge >= 0.3 is 0 Å². The molecule has 0 heterocycles. The average Bonchev–Trinajstić information content (AvgIpc) is 2.33. The number of anilines is 1. The van der Waals surface area contributed by atoms with Crippen LogP contribution in [0.25, 0.3) is 0 Å². The summed E-state index contributed by atoms with van der Waals surface area (Å²) < 4.78 is 13.3. The van der Waals surface area contributed by atoms with Crippen LogP contribution in [0.4, 0.5) is 15.8 Å². The number of carbonyl (C=O) groups is 1. The Hall–Kier alpha value is -2.07. The Kier molecular flexibility index (Phi) is 5.33. The first-order valence-electron chi connectivity index (χ1n) is 5.27. The standard InChI is InChI=1S/C12H11FN2O3S/c1-8(16)19-5-3-2-4-9-6-10(15(17)18)7-11(13)12(9)14/h6-7H,3,5,14H2,1H3. The van der Waals surface area contributed by atoms with Gasteiger partial charge in [-0.3, -0.25) is 14.9 Å². The van der Waals surface area contributed by atoms with Gasteiger partial charge in [-0.15, -0.1) is 0 Å². The quantitative estimate of drug-likeness (QED) is 0.302. The van der Waals surface area contributed by atoms with Crippen molar-refractivity contribution in [1.29, 1.82) is 0 Å². The summed E-state index contributed by atoms with van der Waals surface area (Å²) in [5.41, 5.74) is 4.93. The number of nitrogen functional groups attached to an aromatic ring is 1. The van der Waals surface area contributed by atoms with Crippen LogP contribution in [0.5, 0.6) is 0 Å². The van der Waals surface area contributed by atoms with E-state index in [9.17, 15) is 19.3 Å². The summed E-state index contributed by atoms with van der Waals surface area (Å²) in [5.74, 6) is 4.93. The predicted molar refractivity (Wildman–Crippen MR) is 72.1 cm³/mol. The second kappa shape index (κ2) is 6.75. The molecule has 0 bridgehead atoms. The molecule has 0 aliphatic heterocycles. The van der Waals surface area contributed by atoms with Crippen molar-refractivity contribution < 1.29 is 14.1 Å². The second-order valence-corrected chi connectivity index (χ2v) is 4.81. The molecule has 5 nitrogen and oxygen atoms in total. The van der Waals surface area contributed by atoms with E-state index in [-0.39, 0.29) is 16.4 Å². The zero-order valence-corrected chi connectivity index (χ0v) is 10.9. The molecule has 0 spiro atoms. The number of halogens is 1. The minimum absolute atomic E-state index is 0.0114. The first kappa shape index (κ1) is 15.0. The third-order valence-corrected chi connectivity index (χ3v) is 2.90. The molecular formula is C12H11FN2O3S. The number of rotatable bonds is 3. The van der Waals surface area contributed by atoms with Gasteiger partial charge in [-0.2, -0.15) is 0 Å². The molecule has 1 aromatic rings. The molecule has 0 fully saturated rings. The molecule has 0 radical (unpaired) electrons. The number of carbonyl (C=O) groups excluding carboxylic acids is 1. The molecule has 0 amide bonds. The molecule has 0 saturated carbocycles. The van der Waals surface area contributed by atoms with Gasteiger partial charge in [0.2, 0.25) is 0 Å². The number of nitrogens with zero attached hydrogens (tertiary/aromatic N) is 1. The molecule has 0 aliphatic carbocycles. The summed E-state index contributed by atoms with van der Waals surface area (Å²) in [7, 11) is 0. The lowest BCUT2D eigenvalue weighted by atomic mass is 10.1. The van der Waals surface area contributed by atoms with Gasteiger partial charge in [-0.05, 0) is 0 Å². The Morgan fingerprint density at radius 2 is 2.26 bits per heavy atom. The number of hydrogen-bond acceptors (Lipinski definition) is 5. The summed E-state index contributed by atoms with van der Waals surface area (Å²) in [5, 5.41) is 10.6. The molecule has 0 unspecified atom stereocenters. The van der Waals surface area contributed by atoms with Gasteiger partial charge in [0.15, 0.2) is 10.9 Å². The van der Waals surface area contributed by atoms with E-state index in [1.807, 2.05) is 0 Å². The topological polar surface area (TPSA) is 86.2 Å². The van der Waals surface area contributed by atoms with Crippen molar-refractivity contribution in [3.63, 3.8) is 0 Å². The average molecular weight is 282 g/mol. The fraction of sp³-hybridized carbons (Fsp3) is 0.250. The zero-order chi connectivity index (χ0) is 14.4. The lowest BCUT2D eigenvalue weighted by Crippen LogP contribution is -1.98. The van der Waals surface area contributed by atoms with Gasteiger partial charge in [0.1, 0.15) is 0 Å². The van der Waals surface area contributed by atoms with Crippen LogP contribution in [0, 0.1) is 27.8 Å². The summed E-state index contributed by atoms with van der Waals surface area (Å²) >= 11 is 1.13. The molecule has 100 valence electrons.